The molecule has 2 heterocycles. The fourth-order valence-electron chi connectivity index (χ4n) is 5.16. The molecule has 1 aliphatic rings. The van der Waals surface area contributed by atoms with Crippen molar-refractivity contribution in [1.29, 1.82) is 0 Å². The Hall–Kier alpha value is -3.83. The first-order valence-electron chi connectivity index (χ1n) is 10.3. The quantitative estimate of drug-likeness (QED) is 0.164. The van der Waals surface area contributed by atoms with Crippen LogP contribution >= 0.6 is 0 Å². The number of pyridine rings is 1. The summed E-state index contributed by atoms with van der Waals surface area (Å²) in [4.78, 5) is 3.94. The number of nitrogens with zero attached hydrogens (tertiary/aromatic N) is 1. The van der Waals surface area contributed by atoms with Gasteiger partial charge in [0.1, 0.15) is 29.4 Å². The van der Waals surface area contributed by atoms with Crippen LogP contribution in [-0.2, 0) is 6.32 Å². The standard InChI is InChI=1S/C24H9BF10N/c26-14-12(15(27)19(31)22(34)18(14)30)25(13-16(28)20(32)23(35)21(33)17(13)29)8-9-4-1-2-5-10(9)11-6-3-7-36-24(11)25/h1-7H,8H2/q-1. The van der Waals surface area contributed by atoms with E-state index in [-0.39, 0.29) is 11.1 Å². The fourth-order valence-corrected chi connectivity index (χ4v) is 5.16. The van der Waals surface area contributed by atoms with Crippen LogP contribution in [0.3, 0.4) is 0 Å². The molecule has 0 unspecified atom stereocenters. The predicted octanol–water partition coefficient (Wildman–Crippen LogP) is 4.71. The maximum Gasteiger partial charge on any atom is 0.200 e. The van der Waals surface area contributed by atoms with E-state index in [0.717, 1.165) is 6.20 Å². The number of hydrogen-bond donors (Lipinski definition) is 0. The molecule has 36 heavy (non-hydrogen) atoms. The first kappa shape index (κ1) is 23.9. The molecule has 0 spiro atoms. The summed E-state index contributed by atoms with van der Waals surface area (Å²) in [6.07, 6.45) is -4.04. The van der Waals surface area contributed by atoms with Crippen molar-refractivity contribution in [1.82, 2.24) is 4.98 Å². The molecule has 3 aromatic carbocycles. The molecule has 0 aliphatic carbocycles. The Labute approximate surface area is 195 Å². The lowest BCUT2D eigenvalue weighted by atomic mass is 9.13. The zero-order valence-electron chi connectivity index (χ0n) is 17.6. The maximum atomic E-state index is 15.3. The van der Waals surface area contributed by atoms with E-state index in [9.17, 15) is 26.3 Å². The summed E-state index contributed by atoms with van der Waals surface area (Å²) in [5, 5.41) is 0. The third kappa shape index (κ3) is 2.96. The summed E-state index contributed by atoms with van der Waals surface area (Å²) in [5.41, 5.74) is -3.74. The van der Waals surface area contributed by atoms with Crippen molar-refractivity contribution >= 4 is 22.7 Å². The van der Waals surface area contributed by atoms with Crippen LogP contribution in [0, 0.1) is 58.2 Å². The monoisotopic (exact) mass is 512 g/mol. The smallest absolute Gasteiger partial charge is 0.200 e. The molecule has 4 aromatic rings. The van der Waals surface area contributed by atoms with Gasteiger partial charge in [0, 0.05) is 6.20 Å². The molecule has 0 amide bonds. The highest BCUT2D eigenvalue weighted by Gasteiger charge is 2.47. The van der Waals surface area contributed by atoms with Gasteiger partial charge in [-0.25, -0.2) is 43.9 Å². The Kier molecular flexibility index (Phi) is 5.38. The summed E-state index contributed by atoms with van der Waals surface area (Å²) < 4.78 is 146. The second kappa shape index (κ2) is 8.11. The van der Waals surface area contributed by atoms with E-state index in [1.54, 1.807) is 0 Å². The van der Waals surface area contributed by atoms with E-state index in [2.05, 4.69) is 4.98 Å². The Balaban J connectivity index is 2.08. The molecule has 184 valence electrons. The summed E-state index contributed by atoms with van der Waals surface area (Å²) in [6.45, 7) is 0. The fraction of sp³-hybridized carbons (Fsp3) is 0.0417. The molecule has 1 aliphatic heterocycles. The van der Waals surface area contributed by atoms with E-state index >= 15 is 17.6 Å². The maximum absolute atomic E-state index is 15.3. The normalized spacial score (nSPS) is 13.9. The lowest BCUT2D eigenvalue weighted by molar-refractivity contribution is 0.381. The molecular weight excluding hydrogens is 503 g/mol. The topological polar surface area (TPSA) is 12.9 Å². The molecule has 5 rings (SSSR count). The van der Waals surface area contributed by atoms with Gasteiger partial charge in [0.2, 0.25) is 0 Å². The van der Waals surface area contributed by atoms with Gasteiger partial charge in [-0.1, -0.05) is 35.9 Å². The first-order valence-corrected chi connectivity index (χ1v) is 10.3. The lowest BCUT2D eigenvalue weighted by Gasteiger charge is -2.46. The highest BCUT2D eigenvalue weighted by Crippen LogP contribution is 2.34. The Morgan fingerprint density at radius 2 is 0.917 bits per heavy atom. The van der Waals surface area contributed by atoms with E-state index in [1.807, 2.05) is 0 Å². The van der Waals surface area contributed by atoms with Gasteiger partial charge in [-0.2, -0.15) is 0 Å². The summed E-state index contributed by atoms with van der Waals surface area (Å²) >= 11 is 0. The molecule has 12 heteroatoms. The van der Waals surface area contributed by atoms with Gasteiger partial charge in [-0.15, -0.1) is 22.8 Å². The average Bonchev–Trinajstić information content (AvgIpc) is 2.89. The number of benzene rings is 3. The third-order valence-electron chi connectivity index (χ3n) is 6.61. The van der Waals surface area contributed by atoms with E-state index < -0.39 is 87.2 Å². The first-order chi connectivity index (χ1) is 17.0. The minimum absolute atomic E-state index is 0.0489. The summed E-state index contributed by atoms with van der Waals surface area (Å²) in [6, 6.07) is 8.38. The average molecular weight is 512 g/mol. The molecule has 0 fully saturated rings. The number of halogens is 10. The van der Waals surface area contributed by atoms with Gasteiger partial charge in [-0.05, 0) is 17.2 Å². The second-order valence-corrected chi connectivity index (χ2v) is 8.31. The van der Waals surface area contributed by atoms with Gasteiger partial charge in [-0.3, -0.25) is 0 Å². The van der Waals surface area contributed by atoms with Crippen molar-refractivity contribution in [3.8, 4) is 11.1 Å². The SMILES string of the molecule is Fc1c(F)c(F)c([B-]2(c3c(F)c(F)c(F)c(F)c3F)Cc3ccccc3-c3cccnc32)c(F)c1F. The minimum atomic E-state index is -4.15. The van der Waals surface area contributed by atoms with E-state index in [1.165, 1.54) is 36.4 Å². The summed E-state index contributed by atoms with van der Waals surface area (Å²) in [7, 11) is 0. The van der Waals surface area contributed by atoms with Crippen LogP contribution in [0.4, 0.5) is 43.9 Å². The zero-order chi connectivity index (χ0) is 26.1. The van der Waals surface area contributed by atoms with Crippen LogP contribution in [0.1, 0.15) is 5.56 Å². The van der Waals surface area contributed by atoms with Crippen LogP contribution in [0.2, 0.25) is 0 Å². The van der Waals surface area contributed by atoms with Gasteiger partial charge >= 0.3 is 0 Å². The molecule has 1 nitrogen and oxygen atoms in total. The van der Waals surface area contributed by atoms with Gasteiger partial charge in [0.05, 0.1) is 0 Å². The second-order valence-electron chi connectivity index (χ2n) is 8.31. The van der Waals surface area contributed by atoms with Gasteiger partial charge in [0.15, 0.2) is 34.9 Å². The van der Waals surface area contributed by atoms with Crippen LogP contribution in [0.15, 0.2) is 42.6 Å². The van der Waals surface area contributed by atoms with Crippen molar-refractivity contribution in [2.75, 3.05) is 0 Å². The van der Waals surface area contributed by atoms with E-state index in [4.69, 9.17) is 0 Å². The Morgan fingerprint density at radius 3 is 1.42 bits per heavy atom. The van der Waals surface area contributed by atoms with E-state index in [0.29, 0.717) is 5.56 Å². The van der Waals surface area contributed by atoms with Gasteiger partial charge in [0.25, 0.3) is 0 Å². The Bertz CT molecular complexity index is 1460. The van der Waals surface area contributed by atoms with Crippen molar-refractivity contribution in [2.45, 2.75) is 6.32 Å². The Morgan fingerprint density at radius 1 is 0.500 bits per heavy atom. The largest absolute Gasteiger partial charge is 0.302 e. The van der Waals surface area contributed by atoms with Crippen LogP contribution in [0.5, 0.6) is 0 Å². The third-order valence-corrected chi connectivity index (χ3v) is 6.61. The molecule has 0 N–H and O–H groups in total. The zero-order valence-corrected chi connectivity index (χ0v) is 17.6. The van der Waals surface area contributed by atoms with Crippen molar-refractivity contribution in [3.63, 3.8) is 0 Å². The van der Waals surface area contributed by atoms with Crippen LogP contribution < -0.4 is 16.5 Å². The summed E-state index contributed by atoms with van der Waals surface area (Å²) in [5.74, 6) is -24.9. The highest BCUT2D eigenvalue weighted by atomic mass is 19.2. The minimum Gasteiger partial charge on any atom is -0.302 e. The molecule has 0 saturated heterocycles. The number of aromatic nitrogens is 1. The predicted molar refractivity (Wildman–Crippen MR) is 110 cm³/mol. The number of hydrogen-bond acceptors (Lipinski definition) is 1. The molecule has 0 atom stereocenters. The van der Waals surface area contributed by atoms with Crippen molar-refractivity contribution < 1.29 is 43.9 Å². The number of fused-ring (bicyclic) bond motifs is 3. The van der Waals surface area contributed by atoms with Crippen LogP contribution in [0.25, 0.3) is 11.1 Å². The molecule has 0 saturated carbocycles. The molecular formula is C24H9BF10N-. The van der Waals surface area contributed by atoms with Crippen molar-refractivity contribution in [3.05, 3.63) is 106 Å². The highest BCUT2D eigenvalue weighted by molar-refractivity contribution is 7.11. The van der Waals surface area contributed by atoms with Gasteiger partial charge < -0.3 is 4.98 Å². The lowest BCUT2D eigenvalue weighted by Crippen LogP contribution is -2.75. The number of rotatable bonds is 2. The van der Waals surface area contributed by atoms with Crippen molar-refractivity contribution in [2.24, 2.45) is 0 Å². The molecule has 0 radical (unpaired) electrons. The molecule has 1 aromatic heterocycles. The van der Waals surface area contributed by atoms with Crippen LogP contribution in [-0.4, -0.2) is 11.1 Å². The molecule has 0 bridgehead atoms.